The summed E-state index contributed by atoms with van der Waals surface area (Å²) in [5.74, 6) is 0. The molecule has 5 nitrogen and oxygen atoms in total. The highest BCUT2D eigenvalue weighted by Crippen LogP contribution is 2.43. The Morgan fingerprint density at radius 2 is 0.628 bits per heavy atom. The molecule has 0 bridgehead atoms. The minimum absolute atomic E-state index is 0.313. The van der Waals surface area contributed by atoms with Crippen LogP contribution in [0.4, 0.5) is 0 Å². The number of unbranched alkanes of at least 4 members (excludes halogenated alkanes) is 25. The molecule has 0 amide bonds. The van der Waals surface area contributed by atoms with Crippen LogP contribution in [-0.2, 0) is 13.6 Å². The van der Waals surface area contributed by atoms with Gasteiger partial charge < -0.3 is 9.79 Å². The van der Waals surface area contributed by atoms with E-state index < -0.39 is 7.82 Å². The summed E-state index contributed by atoms with van der Waals surface area (Å²) in [4.78, 5) is 12.6. The zero-order valence-corrected chi connectivity index (χ0v) is 30.5. The number of hydrogen-bond acceptors (Lipinski definition) is 4. The fraction of sp³-hybridized carbons (Fsp3) is 1.00. The van der Waals surface area contributed by atoms with Crippen molar-refractivity contribution < 1.29 is 18.5 Å². The Morgan fingerprint density at radius 1 is 0.395 bits per heavy atom. The number of nitrogens with zero attached hydrogens (tertiary/aromatic N) is 1. The molecule has 0 aliphatic carbocycles. The molecular weight excluding hydrogens is 553 g/mol. The van der Waals surface area contributed by atoms with Gasteiger partial charge in [-0.05, 0) is 51.7 Å². The van der Waals surface area contributed by atoms with Crippen LogP contribution in [0.2, 0.25) is 0 Å². The molecule has 0 aromatic heterocycles. The first kappa shape index (κ1) is 43.1. The summed E-state index contributed by atoms with van der Waals surface area (Å²) < 4.78 is 22.4. The van der Waals surface area contributed by atoms with Crippen molar-refractivity contribution in [2.75, 3.05) is 32.8 Å². The third-order valence-corrected chi connectivity index (χ3v) is 9.80. The third-order valence-electron chi connectivity index (χ3n) is 8.78. The van der Waals surface area contributed by atoms with Gasteiger partial charge in [0.2, 0.25) is 0 Å². The van der Waals surface area contributed by atoms with Crippen molar-refractivity contribution in [1.29, 1.82) is 0 Å². The minimum atomic E-state index is -3.89. The lowest BCUT2D eigenvalue weighted by Crippen LogP contribution is -2.27. The number of phosphoric acid groups is 1. The highest BCUT2D eigenvalue weighted by atomic mass is 31.2. The fourth-order valence-electron chi connectivity index (χ4n) is 5.87. The van der Waals surface area contributed by atoms with Crippen molar-refractivity contribution >= 4 is 7.82 Å². The molecule has 0 radical (unpaired) electrons. The minimum Gasteiger partial charge on any atom is -0.303 e. The standard InChI is InChI=1S/C37H78NO4P/c1-4-7-10-13-16-18-20-23-28-33-38(34-29-24-21-19-17-14-11-8-5-2)35-30-25-22-27-32-37-42-43(39,40)41-36-31-26-15-12-9-6-3/h4-37H2,1-3H3,(H,39,40). The van der Waals surface area contributed by atoms with Crippen LogP contribution < -0.4 is 0 Å². The van der Waals surface area contributed by atoms with E-state index in [1.807, 2.05) is 0 Å². The molecule has 1 N–H and O–H groups in total. The van der Waals surface area contributed by atoms with Crippen molar-refractivity contribution in [3.05, 3.63) is 0 Å². The SMILES string of the molecule is CCCCCCCCCCCN(CCCCCCCCCCC)CCCCCCCOP(=O)(O)OCCCCCCCC. The molecule has 1 unspecified atom stereocenters. The van der Waals surface area contributed by atoms with Gasteiger partial charge >= 0.3 is 7.82 Å². The first-order chi connectivity index (χ1) is 21.1. The molecule has 43 heavy (non-hydrogen) atoms. The van der Waals surface area contributed by atoms with E-state index in [0.29, 0.717) is 13.2 Å². The Morgan fingerprint density at radius 3 is 0.907 bits per heavy atom. The van der Waals surface area contributed by atoms with Gasteiger partial charge in [-0.1, -0.05) is 175 Å². The summed E-state index contributed by atoms with van der Waals surface area (Å²) in [5, 5.41) is 0. The van der Waals surface area contributed by atoms with Gasteiger partial charge in [-0.2, -0.15) is 0 Å². The third kappa shape index (κ3) is 34.8. The maximum Gasteiger partial charge on any atom is 0.472 e. The van der Waals surface area contributed by atoms with E-state index in [0.717, 1.165) is 25.7 Å². The molecule has 0 saturated carbocycles. The van der Waals surface area contributed by atoms with E-state index in [1.54, 1.807) is 0 Å². The van der Waals surface area contributed by atoms with Gasteiger partial charge in [0.25, 0.3) is 0 Å². The molecule has 0 aromatic carbocycles. The maximum absolute atomic E-state index is 12.1. The summed E-state index contributed by atoms with van der Waals surface area (Å²) in [5.41, 5.74) is 0. The van der Waals surface area contributed by atoms with Crippen molar-refractivity contribution in [3.8, 4) is 0 Å². The molecule has 0 aliphatic rings. The molecule has 6 heteroatoms. The van der Waals surface area contributed by atoms with E-state index in [-0.39, 0.29) is 0 Å². The summed E-state index contributed by atoms with van der Waals surface area (Å²) in [7, 11) is -3.89. The Bertz CT molecular complexity index is 555. The lowest BCUT2D eigenvalue weighted by atomic mass is 10.1. The molecular formula is C37H78NO4P. The topological polar surface area (TPSA) is 59.0 Å². The Hall–Kier alpha value is 0.0700. The van der Waals surface area contributed by atoms with E-state index in [9.17, 15) is 9.46 Å². The van der Waals surface area contributed by atoms with Crippen LogP contribution in [0, 0.1) is 0 Å². The second-order valence-electron chi connectivity index (χ2n) is 13.2. The molecule has 1 atom stereocenters. The smallest absolute Gasteiger partial charge is 0.303 e. The second-order valence-corrected chi connectivity index (χ2v) is 14.6. The van der Waals surface area contributed by atoms with Crippen LogP contribution in [0.5, 0.6) is 0 Å². The molecule has 0 aliphatic heterocycles. The van der Waals surface area contributed by atoms with Gasteiger partial charge in [0, 0.05) is 0 Å². The summed E-state index contributed by atoms with van der Waals surface area (Å²) in [6.45, 7) is 11.2. The average molecular weight is 632 g/mol. The van der Waals surface area contributed by atoms with Gasteiger partial charge in [0.1, 0.15) is 0 Å². The Labute approximate surface area is 270 Å². The van der Waals surface area contributed by atoms with Gasteiger partial charge in [0.15, 0.2) is 0 Å². The molecule has 260 valence electrons. The number of hydrogen-bond donors (Lipinski definition) is 1. The zero-order chi connectivity index (χ0) is 31.5. The van der Waals surface area contributed by atoms with Crippen molar-refractivity contribution in [3.63, 3.8) is 0 Å². The van der Waals surface area contributed by atoms with Crippen LogP contribution in [0.3, 0.4) is 0 Å². The van der Waals surface area contributed by atoms with Gasteiger partial charge in [-0.3, -0.25) is 9.05 Å². The van der Waals surface area contributed by atoms with E-state index in [2.05, 4.69) is 25.7 Å². The quantitative estimate of drug-likeness (QED) is 0.0546. The van der Waals surface area contributed by atoms with E-state index >= 15 is 0 Å². The normalized spacial score (nSPS) is 13.2. The fourth-order valence-corrected chi connectivity index (χ4v) is 6.67. The maximum atomic E-state index is 12.1. The average Bonchev–Trinajstić information content (AvgIpc) is 2.99. The van der Waals surface area contributed by atoms with Crippen LogP contribution in [0.1, 0.15) is 207 Å². The summed E-state index contributed by atoms with van der Waals surface area (Å²) in [6.07, 6.45) is 37.5. The van der Waals surface area contributed by atoms with Crippen LogP contribution in [-0.4, -0.2) is 42.6 Å². The largest absolute Gasteiger partial charge is 0.472 e. The van der Waals surface area contributed by atoms with Crippen molar-refractivity contribution in [1.82, 2.24) is 4.90 Å². The van der Waals surface area contributed by atoms with Crippen LogP contribution in [0.15, 0.2) is 0 Å². The van der Waals surface area contributed by atoms with Gasteiger partial charge in [0.05, 0.1) is 13.2 Å². The summed E-state index contributed by atoms with van der Waals surface area (Å²) >= 11 is 0. The highest BCUT2D eigenvalue weighted by molar-refractivity contribution is 7.47. The van der Waals surface area contributed by atoms with Gasteiger partial charge in [-0.25, -0.2) is 4.57 Å². The molecule has 0 heterocycles. The first-order valence-corrected chi connectivity index (χ1v) is 20.9. The van der Waals surface area contributed by atoms with Crippen molar-refractivity contribution in [2.45, 2.75) is 207 Å². The Kier molecular flexibility index (Phi) is 35.0. The predicted octanol–water partition coefficient (Wildman–Crippen LogP) is 12.8. The van der Waals surface area contributed by atoms with Crippen LogP contribution in [0.25, 0.3) is 0 Å². The van der Waals surface area contributed by atoms with Gasteiger partial charge in [-0.15, -0.1) is 0 Å². The molecule has 0 aromatic rings. The molecule has 0 saturated heterocycles. The number of phosphoric ester groups is 1. The van der Waals surface area contributed by atoms with Crippen LogP contribution >= 0.6 is 7.82 Å². The Balaban J connectivity index is 3.99. The lowest BCUT2D eigenvalue weighted by molar-refractivity contribution is 0.145. The first-order valence-electron chi connectivity index (χ1n) is 19.4. The highest BCUT2D eigenvalue weighted by Gasteiger charge is 2.19. The molecule has 0 fully saturated rings. The van der Waals surface area contributed by atoms with Crippen molar-refractivity contribution in [2.24, 2.45) is 0 Å². The van der Waals surface area contributed by atoms with E-state index in [1.165, 1.54) is 180 Å². The molecule has 0 rings (SSSR count). The van der Waals surface area contributed by atoms with E-state index in [4.69, 9.17) is 9.05 Å². The molecule has 0 spiro atoms. The summed E-state index contributed by atoms with van der Waals surface area (Å²) in [6, 6.07) is 0. The predicted molar refractivity (Wildman–Crippen MR) is 189 cm³/mol. The monoisotopic (exact) mass is 632 g/mol. The lowest BCUT2D eigenvalue weighted by Gasteiger charge is -2.22. The number of rotatable bonds is 37. The second kappa shape index (κ2) is 34.9. The zero-order valence-electron chi connectivity index (χ0n) is 29.6.